The Bertz CT molecular complexity index is 793. The van der Waals surface area contributed by atoms with Gasteiger partial charge in [0.25, 0.3) is 5.91 Å². The highest BCUT2D eigenvalue weighted by atomic mass is 35.5. The summed E-state index contributed by atoms with van der Waals surface area (Å²) >= 11 is 5.78. The molecule has 1 aliphatic heterocycles. The highest BCUT2D eigenvalue weighted by molar-refractivity contribution is 6.31. The summed E-state index contributed by atoms with van der Waals surface area (Å²) < 4.78 is 10.3. The number of phenolic OH excluding ortho intramolecular Hbond substituents is 1. The van der Waals surface area contributed by atoms with E-state index >= 15 is 0 Å². The number of aromatic hydroxyl groups is 1. The van der Waals surface area contributed by atoms with Crippen LogP contribution in [-0.2, 0) is 0 Å². The summed E-state index contributed by atoms with van der Waals surface area (Å²) in [5.74, 6) is 0.183. The minimum atomic E-state index is -0.801. The molecule has 0 atom stereocenters. The molecule has 1 aliphatic rings. The van der Waals surface area contributed by atoms with Crippen LogP contribution in [-0.4, -0.2) is 23.8 Å². The Hall–Kier alpha value is -2.93. The second-order valence-corrected chi connectivity index (χ2v) is 5.07. The number of carbonyl (C=O) groups excluding carboxylic acids is 2. The third kappa shape index (κ3) is 3.29. The molecule has 3 amide bonds. The highest BCUT2D eigenvalue weighted by Crippen LogP contribution is 2.32. The number of imide groups is 1. The summed E-state index contributed by atoms with van der Waals surface area (Å²) in [5.41, 5.74) is 0.327. The second-order valence-electron chi connectivity index (χ2n) is 4.64. The number of phenols is 1. The van der Waals surface area contributed by atoms with Gasteiger partial charge in [0.2, 0.25) is 6.79 Å². The summed E-state index contributed by atoms with van der Waals surface area (Å²) in [6.07, 6.45) is 0. The van der Waals surface area contributed by atoms with Crippen LogP contribution >= 0.6 is 11.6 Å². The normalized spacial score (nSPS) is 11.9. The molecular weight excluding hydrogens is 324 g/mol. The van der Waals surface area contributed by atoms with E-state index in [4.69, 9.17) is 21.1 Å². The monoisotopic (exact) mass is 334 g/mol. The molecule has 2 aromatic rings. The van der Waals surface area contributed by atoms with Gasteiger partial charge in [0.05, 0.1) is 5.69 Å². The van der Waals surface area contributed by atoms with Crippen molar-refractivity contribution in [2.45, 2.75) is 0 Å². The molecule has 2 aromatic carbocycles. The Balaban J connectivity index is 1.68. The van der Waals surface area contributed by atoms with Crippen LogP contribution in [0.3, 0.4) is 0 Å². The molecule has 7 nitrogen and oxygen atoms in total. The average Bonchev–Trinajstić information content (AvgIpc) is 2.98. The fraction of sp³-hybridized carbons (Fsp3) is 0.0667. The van der Waals surface area contributed by atoms with Gasteiger partial charge in [0.1, 0.15) is 5.75 Å². The predicted molar refractivity (Wildman–Crippen MR) is 82.2 cm³/mol. The Morgan fingerprint density at radius 1 is 1.09 bits per heavy atom. The van der Waals surface area contributed by atoms with Crippen molar-refractivity contribution in [2.24, 2.45) is 0 Å². The number of fused-ring (bicyclic) bond motifs is 1. The maximum absolute atomic E-state index is 12.0. The van der Waals surface area contributed by atoms with E-state index in [0.29, 0.717) is 16.5 Å². The van der Waals surface area contributed by atoms with Crippen LogP contribution < -0.4 is 20.1 Å². The lowest BCUT2D eigenvalue weighted by Gasteiger charge is -2.09. The second kappa shape index (κ2) is 6.05. The van der Waals surface area contributed by atoms with Gasteiger partial charge in [-0.05, 0) is 36.4 Å². The molecule has 0 fully saturated rings. The quantitative estimate of drug-likeness (QED) is 0.734. The Morgan fingerprint density at radius 2 is 1.87 bits per heavy atom. The molecule has 118 valence electrons. The molecule has 8 heteroatoms. The van der Waals surface area contributed by atoms with Gasteiger partial charge in [-0.15, -0.1) is 0 Å². The molecule has 0 bridgehead atoms. The molecule has 0 saturated heterocycles. The lowest BCUT2D eigenvalue weighted by molar-refractivity contribution is 0.0966. The van der Waals surface area contributed by atoms with E-state index in [1.54, 1.807) is 6.07 Å². The lowest BCUT2D eigenvalue weighted by atomic mass is 10.2. The number of amides is 3. The van der Waals surface area contributed by atoms with Crippen molar-refractivity contribution < 1.29 is 24.2 Å². The van der Waals surface area contributed by atoms with E-state index in [1.807, 2.05) is 0 Å². The molecule has 0 unspecified atom stereocenters. The summed E-state index contributed by atoms with van der Waals surface area (Å²) in [7, 11) is 0. The molecule has 0 spiro atoms. The van der Waals surface area contributed by atoms with Gasteiger partial charge in [-0.3, -0.25) is 10.1 Å². The fourth-order valence-electron chi connectivity index (χ4n) is 1.98. The number of hydrogen-bond acceptors (Lipinski definition) is 5. The van der Waals surface area contributed by atoms with Crippen LogP contribution in [0.4, 0.5) is 10.5 Å². The maximum atomic E-state index is 12.0. The molecule has 0 aromatic heterocycles. The van der Waals surface area contributed by atoms with E-state index in [1.165, 1.54) is 30.3 Å². The Labute approximate surface area is 135 Å². The standard InChI is InChI=1S/C15H11ClN2O5/c16-9-2-3-11(19)10(6-9)17-15(21)18-14(20)8-1-4-12-13(5-8)23-7-22-12/h1-6,19H,7H2,(H2,17,18,20,21). The molecule has 0 aliphatic carbocycles. The Morgan fingerprint density at radius 3 is 2.70 bits per heavy atom. The molecular formula is C15H11ClN2O5. The molecule has 0 saturated carbocycles. The number of rotatable bonds is 2. The minimum absolute atomic E-state index is 0.0912. The maximum Gasteiger partial charge on any atom is 0.326 e. The topological polar surface area (TPSA) is 96.9 Å². The highest BCUT2D eigenvalue weighted by Gasteiger charge is 2.18. The number of carbonyl (C=O) groups is 2. The summed E-state index contributed by atoms with van der Waals surface area (Å²) in [5, 5.41) is 14.4. The molecule has 3 rings (SSSR count). The summed E-state index contributed by atoms with van der Waals surface area (Å²) in [4.78, 5) is 23.9. The minimum Gasteiger partial charge on any atom is -0.506 e. The largest absolute Gasteiger partial charge is 0.506 e. The number of ether oxygens (including phenoxy) is 2. The van der Waals surface area contributed by atoms with Crippen molar-refractivity contribution in [1.82, 2.24) is 5.32 Å². The van der Waals surface area contributed by atoms with Crippen LogP contribution in [0.25, 0.3) is 0 Å². The van der Waals surface area contributed by atoms with Crippen LogP contribution in [0.15, 0.2) is 36.4 Å². The van der Waals surface area contributed by atoms with E-state index in [-0.39, 0.29) is 23.8 Å². The lowest BCUT2D eigenvalue weighted by Crippen LogP contribution is -2.34. The zero-order chi connectivity index (χ0) is 16.4. The Kier molecular flexibility index (Phi) is 3.94. The van der Waals surface area contributed by atoms with E-state index in [2.05, 4.69) is 10.6 Å². The molecule has 23 heavy (non-hydrogen) atoms. The van der Waals surface area contributed by atoms with Crippen LogP contribution in [0.5, 0.6) is 17.2 Å². The van der Waals surface area contributed by atoms with Crippen molar-refractivity contribution in [1.29, 1.82) is 0 Å². The van der Waals surface area contributed by atoms with Gasteiger partial charge in [-0.25, -0.2) is 4.79 Å². The smallest absolute Gasteiger partial charge is 0.326 e. The zero-order valence-corrected chi connectivity index (χ0v) is 12.4. The van der Waals surface area contributed by atoms with Crippen molar-refractivity contribution in [3.63, 3.8) is 0 Å². The third-order valence-electron chi connectivity index (χ3n) is 3.07. The van der Waals surface area contributed by atoms with Gasteiger partial charge in [-0.1, -0.05) is 11.6 Å². The van der Waals surface area contributed by atoms with Gasteiger partial charge in [-0.2, -0.15) is 0 Å². The SMILES string of the molecule is O=C(NC(=O)c1ccc2c(c1)OCO2)Nc1cc(Cl)ccc1O. The number of hydrogen-bond donors (Lipinski definition) is 3. The van der Waals surface area contributed by atoms with E-state index < -0.39 is 11.9 Å². The third-order valence-corrected chi connectivity index (χ3v) is 3.30. The molecule has 3 N–H and O–H groups in total. The van der Waals surface area contributed by atoms with E-state index in [0.717, 1.165) is 0 Å². The van der Waals surface area contributed by atoms with Gasteiger partial charge >= 0.3 is 6.03 Å². The van der Waals surface area contributed by atoms with Gasteiger partial charge in [0.15, 0.2) is 11.5 Å². The summed E-state index contributed by atoms with van der Waals surface area (Å²) in [6, 6.07) is 7.93. The summed E-state index contributed by atoms with van der Waals surface area (Å²) in [6.45, 7) is 0.0922. The zero-order valence-electron chi connectivity index (χ0n) is 11.6. The number of benzene rings is 2. The van der Waals surface area contributed by atoms with Crippen molar-refractivity contribution in [3.8, 4) is 17.2 Å². The first-order valence-electron chi connectivity index (χ1n) is 6.53. The van der Waals surface area contributed by atoms with Crippen LogP contribution in [0.2, 0.25) is 5.02 Å². The number of anilines is 1. The first kappa shape index (κ1) is 15.0. The fourth-order valence-corrected chi connectivity index (χ4v) is 2.15. The molecule has 1 heterocycles. The first-order chi connectivity index (χ1) is 11.0. The number of halogens is 1. The number of nitrogens with one attached hydrogen (secondary N) is 2. The van der Waals surface area contributed by atoms with Crippen LogP contribution in [0, 0.1) is 0 Å². The first-order valence-corrected chi connectivity index (χ1v) is 6.91. The number of urea groups is 1. The van der Waals surface area contributed by atoms with Crippen molar-refractivity contribution >= 4 is 29.2 Å². The van der Waals surface area contributed by atoms with Gasteiger partial charge in [0, 0.05) is 10.6 Å². The van der Waals surface area contributed by atoms with Crippen molar-refractivity contribution in [2.75, 3.05) is 12.1 Å². The van der Waals surface area contributed by atoms with E-state index in [9.17, 15) is 14.7 Å². The van der Waals surface area contributed by atoms with Crippen molar-refractivity contribution in [3.05, 3.63) is 47.0 Å². The van der Waals surface area contributed by atoms with Gasteiger partial charge < -0.3 is 19.9 Å². The predicted octanol–water partition coefficient (Wildman–Crippen LogP) is 2.74. The average molecular weight is 335 g/mol. The molecule has 0 radical (unpaired) electrons. The van der Waals surface area contributed by atoms with Crippen LogP contribution in [0.1, 0.15) is 10.4 Å².